The molecule has 9 heteroatoms. The third-order valence-electron chi connectivity index (χ3n) is 6.05. The molecule has 4 amide bonds. The summed E-state index contributed by atoms with van der Waals surface area (Å²) in [6.45, 7) is 0.126. The van der Waals surface area contributed by atoms with Crippen LogP contribution in [0.3, 0.4) is 0 Å². The van der Waals surface area contributed by atoms with Gasteiger partial charge in [0.2, 0.25) is 0 Å². The van der Waals surface area contributed by atoms with Crippen molar-refractivity contribution in [2.24, 2.45) is 0 Å². The summed E-state index contributed by atoms with van der Waals surface area (Å²) in [5.74, 6) is -0.576. The van der Waals surface area contributed by atoms with E-state index in [1.54, 1.807) is 48.5 Å². The molecule has 1 saturated heterocycles. The molecule has 190 valence electrons. The predicted octanol–water partition coefficient (Wildman–Crippen LogP) is 6.40. The average Bonchev–Trinajstić information content (AvgIpc) is 2.91. The van der Waals surface area contributed by atoms with Gasteiger partial charge in [-0.05, 0) is 59.3 Å². The second-order valence-electron chi connectivity index (χ2n) is 8.38. The van der Waals surface area contributed by atoms with E-state index in [0.717, 1.165) is 15.7 Å². The van der Waals surface area contributed by atoms with Gasteiger partial charge in [-0.2, -0.15) is 0 Å². The van der Waals surface area contributed by atoms with Gasteiger partial charge in [-0.25, -0.2) is 9.69 Å². The highest BCUT2D eigenvalue weighted by Crippen LogP contribution is 2.33. The lowest BCUT2D eigenvalue weighted by atomic mass is 9.99. The first-order valence-electron chi connectivity index (χ1n) is 11.5. The zero-order valence-electron chi connectivity index (χ0n) is 20.0. The number of urea groups is 1. The zero-order valence-corrected chi connectivity index (χ0v) is 21.5. The van der Waals surface area contributed by atoms with Gasteiger partial charge >= 0.3 is 6.03 Å². The normalized spacial score (nSPS) is 14.7. The highest BCUT2D eigenvalue weighted by atomic mass is 35.5. The van der Waals surface area contributed by atoms with Crippen LogP contribution < -0.4 is 19.7 Å². The molecule has 38 heavy (non-hydrogen) atoms. The molecule has 4 aromatic carbocycles. The van der Waals surface area contributed by atoms with Crippen LogP contribution in [0.15, 0.2) is 84.4 Å². The zero-order chi connectivity index (χ0) is 26.8. The SMILES string of the molecule is COc1ccc(N2C(=O)NC(=O)/C(=C\c3c(OCc4ccc(Cl)cc4Cl)ccc4ccccc34)C2=O)cc1. The van der Waals surface area contributed by atoms with Gasteiger partial charge in [-0.1, -0.05) is 59.6 Å². The topological polar surface area (TPSA) is 84.9 Å². The summed E-state index contributed by atoms with van der Waals surface area (Å²) in [5.41, 5.74) is 1.30. The van der Waals surface area contributed by atoms with E-state index in [4.69, 9.17) is 32.7 Å². The molecule has 7 nitrogen and oxygen atoms in total. The molecular weight excluding hydrogens is 527 g/mol. The lowest BCUT2D eigenvalue weighted by molar-refractivity contribution is -0.122. The van der Waals surface area contributed by atoms with Crippen LogP contribution in [-0.4, -0.2) is 25.0 Å². The Balaban J connectivity index is 1.56. The summed E-state index contributed by atoms with van der Waals surface area (Å²) in [6.07, 6.45) is 1.45. The molecule has 0 spiro atoms. The smallest absolute Gasteiger partial charge is 0.335 e. The molecule has 0 saturated carbocycles. The van der Waals surface area contributed by atoms with Crippen molar-refractivity contribution in [3.63, 3.8) is 0 Å². The Labute approximate surface area is 228 Å². The Morgan fingerprint density at radius 1 is 0.921 bits per heavy atom. The number of anilines is 1. The molecule has 1 N–H and O–H groups in total. The second-order valence-corrected chi connectivity index (χ2v) is 9.22. The maximum Gasteiger partial charge on any atom is 0.335 e. The van der Waals surface area contributed by atoms with Gasteiger partial charge in [-0.15, -0.1) is 0 Å². The number of benzene rings is 4. The first-order chi connectivity index (χ1) is 18.4. The highest BCUT2D eigenvalue weighted by molar-refractivity contribution is 6.39. The maximum absolute atomic E-state index is 13.5. The molecular formula is C29H20Cl2N2O5. The van der Waals surface area contributed by atoms with Crippen LogP contribution in [0.25, 0.3) is 16.8 Å². The lowest BCUT2D eigenvalue weighted by Crippen LogP contribution is -2.54. The third-order valence-corrected chi connectivity index (χ3v) is 6.64. The summed E-state index contributed by atoms with van der Waals surface area (Å²) in [7, 11) is 1.51. The fourth-order valence-electron chi connectivity index (χ4n) is 4.11. The van der Waals surface area contributed by atoms with Gasteiger partial charge in [0.25, 0.3) is 11.8 Å². The number of barbiturate groups is 1. The summed E-state index contributed by atoms with van der Waals surface area (Å²) in [5, 5.41) is 4.85. The number of nitrogens with zero attached hydrogens (tertiary/aromatic N) is 1. The van der Waals surface area contributed by atoms with E-state index in [0.29, 0.717) is 38.4 Å². The molecule has 0 unspecified atom stereocenters. The van der Waals surface area contributed by atoms with Crippen LogP contribution in [0, 0.1) is 0 Å². The summed E-state index contributed by atoms with van der Waals surface area (Å²) < 4.78 is 11.3. The standard InChI is InChI=1S/C29H20Cl2N2O5/c1-37-21-11-9-20(10-12-21)33-28(35)24(27(34)32-29(33)36)15-23-22-5-3-2-4-17(22)7-13-26(23)38-16-18-6-8-19(30)14-25(18)31/h2-15H,16H2,1H3,(H,32,34,36)/b24-15+. The number of hydrogen-bond donors (Lipinski definition) is 1. The first-order valence-corrected chi connectivity index (χ1v) is 12.3. The van der Waals surface area contributed by atoms with E-state index in [9.17, 15) is 14.4 Å². The van der Waals surface area contributed by atoms with Crippen LogP contribution in [0.5, 0.6) is 11.5 Å². The molecule has 0 aliphatic carbocycles. The molecule has 1 heterocycles. The molecule has 4 aromatic rings. The fraction of sp³-hybridized carbons (Fsp3) is 0.0690. The molecule has 1 aliphatic rings. The van der Waals surface area contributed by atoms with Gasteiger partial charge in [0.1, 0.15) is 23.7 Å². The largest absolute Gasteiger partial charge is 0.497 e. The van der Waals surface area contributed by atoms with Gasteiger partial charge in [0.15, 0.2) is 0 Å². The van der Waals surface area contributed by atoms with Gasteiger partial charge in [0.05, 0.1) is 12.8 Å². The molecule has 0 bridgehead atoms. The monoisotopic (exact) mass is 546 g/mol. The number of fused-ring (bicyclic) bond motifs is 1. The number of halogens is 2. The number of amides is 4. The van der Waals surface area contributed by atoms with Crippen LogP contribution >= 0.6 is 23.2 Å². The number of rotatable bonds is 6. The predicted molar refractivity (Wildman–Crippen MR) is 147 cm³/mol. The summed E-state index contributed by atoms with van der Waals surface area (Å²) >= 11 is 12.3. The molecule has 0 radical (unpaired) electrons. The fourth-order valence-corrected chi connectivity index (χ4v) is 4.58. The van der Waals surface area contributed by atoms with Crippen LogP contribution in [0.4, 0.5) is 10.5 Å². The van der Waals surface area contributed by atoms with Crippen LogP contribution in [0.2, 0.25) is 10.0 Å². The molecule has 1 aliphatic heterocycles. The third kappa shape index (κ3) is 4.94. The number of carbonyl (C=O) groups excluding carboxylic acids is 3. The Hall–Kier alpha value is -4.33. The molecule has 0 atom stereocenters. The minimum absolute atomic E-state index is 0.126. The van der Waals surface area contributed by atoms with Gasteiger partial charge in [-0.3, -0.25) is 14.9 Å². The number of hydrogen-bond acceptors (Lipinski definition) is 5. The minimum atomic E-state index is -0.839. The summed E-state index contributed by atoms with van der Waals surface area (Å²) in [4.78, 5) is 39.9. The van der Waals surface area contributed by atoms with E-state index in [2.05, 4.69) is 5.32 Å². The van der Waals surface area contributed by atoms with E-state index in [1.807, 2.05) is 30.3 Å². The van der Waals surface area contributed by atoms with E-state index in [-0.39, 0.29) is 12.2 Å². The van der Waals surface area contributed by atoms with Crippen molar-refractivity contribution in [2.45, 2.75) is 6.61 Å². The quantitative estimate of drug-likeness (QED) is 0.223. The average molecular weight is 547 g/mol. The number of ether oxygens (including phenoxy) is 2. The lowest BCUT2D eigenvalue weighted by Gasteiger charge is -2.26. The van der Waals surface area contributed by atoms with Gasteiger partial charge in [0, 0.05) is 21.2 Å². The van der Waals surface area contributed by atoms with Crippen molar-refractivity contribution < 1.29 is 23.9 Å². The van der Waals surface area contributed by atoms with Gasteiger partial charge < -0.3 is 9.47 Å². The van der Waals surface area contributed by atoms with Crippen LogP contribution in [-0.2, 0) is 16.2 Å². The Morgan fingerprint density at radius 2 is 1.68 bits per heavy atom. The summed E-state index contributed by atoms with van der Waals surface area (Å²) in [6, 6.07) is 21.8. The Bertz CT molecular complexity index is 1620. The molecule has 0 aromatic heterocycles. The maximum atomic E-state index is 13.5. The molecule has 1 fully saturated rings. The van der Waals surface area contributed by atoms with Crippen molar-refractivity contribution in [1.82, 2.24) is 5.32 Å². The number of imide groups is 2. The van der Waals surface area contributed by atoms with Crippen molar-refractivity contribution in [3.05, 3.63) is 106 Å². The number of methoxy groups -OCH3 is 1. The molecule has 5 rings (SSSR count). The van der Waals surface area contributed by atoms with E-state index < -0.39 is 17.8 Å². The first kappa shape index (κ1) is 25.3. The van der Waals surface area contributed by atoms with E-state index in [1.165, 1.54) is 13.2 Å². The highest BCUT2D eigenvalue weighted by Gasteiger charge is 2.37. The van der Waals surface area contributed by atoms with Crippen molar-refractivity contribution in [3.8, 4) is 11.5 Å². The number of carbonyl (C=O) groups is 3. The Morgan fingerprint density at radius 3 is 2.42 bits per heavy atom. The van der Waals surface area contributed by atoms with Crippen molar-refractivity contribution in [2.75, 3.05) is 12.0 Å². The number of nitrogens with one attached hydrogen (secondary N) is 1. The second kappa shape index (κ2) is 10.6. The van der Waals surface area contributed by atoms with Crippen LogP contribution in [0.1, 0.15) is 11.1 Å². The van der Waals surface area contributed by atoms with Crippen molar-refractivity contribution in [1.29, 1.82) is 0 Å². The minimum Gasteiger partial charge on any atom is -0.497 e. The van der Waals surface area contributed by atoms with E-state index >= 15 is 0 Å². The van der Waals surface area contributed by atoms with Crippen molar-refractivity contribution >= 4 is 63.6 Å². The Kier molecular flexibility index (Phi) is 7.05.